The first-order chi connectivity index (χ1) is 14.3. The lowest BCUT2D eigenvalue weighted by atomic mass is 10.2. The number of benzene rings is 1. The van der Waals surface area contributed by atoms with Crippen LogP contribution in [0.3, 0.4) is 0 Å². The number of hydrogen-bond acceptors (Lipinski definition) is 6. The van der Waals surface area contributed by atoms with Crippen LogP contribution in [0, 0.1) is 0 Å². The Labute approximate surface area is 177 Å². The molecule has 0 saturated carbocycles. The van der Waals surface area contributed by atoms with Crippen LogP contribution in [0.1, 0.15) is 33.1 Å². The van der Waals surface area contributed by atoms with E-state index in [1.54, 1.807) is 6.07 Å². The SMILES string of the molecule is CC(C)OCCCNC(=O)CN1C(=O)COc2ccc(S(=O)(=O)N3CCCC3)cc21. The van der Waals surface area contributed by atoms with Crippen molar-refractivity contribution in [2.24, 2.45) is 0 Å². The third-order valence-electron chi connectivity index (χ3n) is 4.97. The maximum absolute atomic E-state index is 12.9. The average Bonchev–Trinajstić information content (AvgIpc) is 3.25. The van der Waals surface area contributed by atoms with Gasteiger partial charge in [-0.05, 0) is 51.3 Å². The number of carbonyl (C=O) groups is 2. The highest BCUT2D eigenvalue weighted by molar-refractivity contribution is 7.89. The summed E-state index contributed by atoms with van der Waals surface area (Å²) in [7, 11) is -3.64. The van der Waals surface area contributed by atoms with E-state index in [9.17, 15) is 18.0 Å². The normalized spacial score (nSPS) is 17.2. The molecule has 0 aromatic heterocycles. The van der Waals surface area contributed by atoms with Crippen molar-refractivity contribution < 1.29 is 27.5 Å². The summed E-state index contributed by atoms with van der Waals surface area (Å²) in [5.74, 6) is -0.335. The zero-order valence-corrected chi connectivity index (χ0v) is 18.2. The van der Waals surface area contributed by atoms with E-state index in [0.29, 0.717) is 44.1 Å². The van der Waals surface area contributed by atoms with Crippen LogP contribution in [0.2, 0.25) is 0 Å². The number of ether oxygens (including phenoxy) is 2. The maximum atomic E-state index is 12.9. The Hall–Kier alpha value is -2.17. The molecule has 9 nitrogen and oxygen atoms in total. The molecular weight excluding hydrogens is 410 g/mol. The van der Waals surface area contributed by atoms with E-state index in [4.69, 9.17) is 9.47 Å². The molecule has 2 aliphatic rings. The zero-order chi connectivity index (χ0) is 21.7. The van der Waals surface area contributed by atoms with Gasteiger partial charge in [-0.15, -0.1) is 0 Å². The average molecular weight is 440 g/mol. The van der Waals surface area contributed by atoms with Gasteiger partial charge in [-0.25, -0.2) is 8.42 Å². The molecule has 1 saturated heterocycles. The highest BCUT2D eigenvalue weighted by Crippen LogP contribution is 2.35. The Morgan fingerprint density at radius 1 is 1.27 bits per heavy atom. The van der Waals surface area contributed by atoms with Gasteiger partial charge in [0.2, 0.25) is 15.9 Å². The van der Waals surface area contributed by atoms with E-state index < -0.39 is 15.9 Å². The molecule has 0 unspecified atom stereocenters. The van der Waals surface area contributed by atoms with Gasteiger partial charge < -0.3 is 14.8 Å². The first-order valence-electron chi connectivity index (χ1n) is 10.2. The Morgan fingerprint density at radius 3 is 2.70 bits per heavy atom. The van der Waals surface area contributed by atoms with Crippen molar-refractivity contribution in [2.75, 3.05) is 44.3 Å². The summed E-state index contributed by atoms with van der Waals surface area (Å²) in [5, 5.41) is 2.76. The number of anilines is 1. The van der Waals surface area contributed by atoms with Crippen LogP contribution in [0.5, 0.6) is 5.75 Å². The molecule has 166 valence electrons. The summed E-state index contributed by atoms with van der Waals surface area (Å²) >= 11 is 0. The lowest BCUT2D eigenvalue weighted by Gasteiger charge is -2.29. The predicted octanol–water partition coefficient (Wildman–Crippen LogP) is 1.13. The number of fused-ring (bicyclic) bond motifs is 1. The van der Waals surface area contributed by atoms with Crippen LogP contribution in [0.4, 0.5) is 5.69 Å². The summed E-state index contributed by atoms with van der Waals surface area (Å²) in [6.07, 6.45) is 2.46. The molecular formula is C20H29N3O6S. The Kier molecular flexibility index (Phi) is 7.32. The Bertz CT molecular complexity index is 881. The van der Waals surface area contributed by atoms with Crippen molar-refractivity contribution in [2.45, 2.75) is 44.1 Å². The molecule has 2 heterocycles. The quantitative estimate of drug-likeness (QED) is 0.579. The number of carbonyl (C=O) groups excluding carboxylic acids is 2. The molecule has 3 rings (SSSR count). The number of nitrogens with one attached hydrogen (secondary N) is 1. The fourth-order valence-corrected chi connectivity index (χ4v) is 4.95. The van der Waals surface area contributed by atoms with E-state index in [0.717, 1.165) is 12.8 Å². The van der Waals surface area contributed by atoms with Crippen molar-refractivity contribution >= 4 is 27.5 Å². The van der Waals surface area contributed by atoms with Crippen molar-refractivity contribution in [1.82, 2.24) is 9.62 Å². The summed E-state index contributed by atoms with van der Waals surface area (Å²) in [5.41, 5.74) is 0.296. The molecule has 1 fully saturated rings. The maximum Gasteiger partial charge on any atom is 0.265 e. The lowest BCUT2D eigenvalue weighted by Crippen LogP contribution is -2.45. The molecule has 1 N–H and O–H groups in total. The molecule has 2 aliphatic heterocycles. The van der Waals surface area contributed by atoms with E-state index >= 15 is 0 Å². The molecule has 0 bridgehead atoms. The zero-order valence-electron chi connectivity index (χ0n) is 17.4. The van der Waals surface area contributed by atoms with Gasteiger partial charge in [-0.2, -0.15) is 4.31 Å². The first-order valence-corrected chi connectivity index (χ1v) is 11.7. The minimum absolute atomic E-state index is 0.0951. The van der Waals surface area contributed by atoms with Crippen LogP contribution in [-0.4, -0.2) is 70.0 Å². The number of nitrogens with zero attached hydrogens (tertiary/aromatic N) is 2. The third kappa shape index (κ3) is 5.30. The standard InChI is InChI=1S/C20H29N3O6S/c1-15(2)28-11-5-8-21-19(24)13-23-17-12-16(6-7-18(17)29-14-20(23)25)30(26,27)22-9-3-4-10-22/h6-7,12,15H,3-5,8-11,13-14H2,1-2H3,(H,21,24). The van der Waals surface area contributed by atoms with Gasteiger partial charge in [-0.1, -0.05) is 0 Å². The van der Waals surface area contributed by atoms with Crippen LogP contribution in [0.15, 0.2) is 23.1 Å². The lowest BCUT2D eigenvalue weighted by molar-refractivity contribution is -0.125. The Morgan fingerprint density at radius 2 is 2.00 bits per heavy atom. The van der Waals surface area contributed by atoms with E-state index in [1.165, 1.54) is 21.3 Å². The minimum atomic E-state index is -3.64. The molecule has 30 heavy (non-hydrogen) atoms. The molecule has 1 aromatic carbocycles. The molecule has 0 atom stereocenters. The van der Waals surface area contributed by atoms with Crippen LogP contribution in [0.25, 0.3) is 0 Å². The van der Waals surface area contributed by atoms with Gasteiger partial charge in [0.15, 0.2) is 6.61 Å². The topological polar surface area (TPSA) is 105 Å². The third-order valence-corrected chi connectivity index (χ3v) is 6.87. The van der Waals surface area contributed by atoms with Crippen molar-refractivity contribution in [3.63, 3.8) is 0 Å². The first kappa shape index (κ1) is 22.5. The summed E-state index contributed by atoms with van der Waals surface area (Å²) in [6.45, 7) is 5.43. The van der Waals surface area contributed by atoms with Crippen molar-refractivity contribution in [3.8, 4) is 5.75 Å². The van der Waals surface area contributed by atoms with Gasteiger partial charge in [0, 0.05) is 26.2 Å². The highest BCUT2D eigenvalue weighted by Gasteiger charge is 2.32. The van der Waals surface area contributed by atoms with Gasteiger partial charge >= 0.3 is 0 Å². The van der Waals surface area contributed by atoms with Crippen LogP contribution < -0.4 is 15.0 Å². The predicted molar refractivity (Wildman–Crippen MR) is 111 cm³/mol. The highest BCUT2D eigenvalue weighted by atomic mass is 32.2. The Balaban J connectivity index is 1.70. The van der Waals surface area contributed by atoms with Crippen LogP contribution >= 0.6 is 0 Å². The van der Waals surface area contributed by atoms with Gasteiger partial charge in [-0.3, -0.25) is 14.5 Å². The fraction of sp³-hybridized carbons (Fsp3) is 0.600. The van der Waals surface area contributed by atoms with Crippen molar-refractivity contribution in [1.29, 1.82) is 0 Å². The van der Waals surface area contributed by atoms with E-state index in [2.05, 4.69) is 5.32 Å². The van der Waals surface area contributed by atoms with E-state index in [1.807, 2.05) is 13.8 Å². The second kappa shape index (κ2) is 9.76. The fourth-order valence-electron chi connectivity index (χ4n) is 3.41. The summed E-state index contributed by atoms with van der Waals surface area (Å²) in [4.78, 5) is 26.1. The number of sulfonamides is 1. The van der Waals surface area contributed by atoms with Gasteiger partial charge in [0.25, 0.3) is 5.91 Å². The molecule has 1 aromatic rings. The minimum Gasteiger partial charge on any atom is -0.482 e. The van der Waals surface area contributed by atoms with E-state index in [-0.39, 0.29) is 30.1 Å². The van der Waals surface area contributed by atoms with Gasteiger partial charge in [0.05, 0.1) is 16.7 Å². The largest absolute Gasteiger partial charge is 0.482 e. The summed E-state index contributed by atoms with van der Waals surface area (Å²) in [6, 6.07) is 4.44. The molecule has 0 spiro atoms. The number of rotatable bonds is 9. The molecule has 0 aliphatic carbocycles. The van der Waals surface area contributed by atoms with Crippen LogP contribution in [-0.2, 0) is 24.3 Å². The second-order valence-electron chi connectivity index (χ2n) is 7.63. The molecule has 2 amide bonds. The molecule has 0 radical (unpaired) electrons. The second-order valence-corrected chi connectivity index (χ2v) is 9.57. The summed E-state index contributed by atoms with van der Waals surface area (Å²) < 4.78 is 38.0. The smallest absolute Gasteiger partial charge is 0.265 e. The van der Waals surface area contributed by atoms with Gasteiger partial charge in [0.1, 0.15) is 12.3 Å². The monoisotopic (exact) mass is 439 g/mol. The number of hydrogen-bond donors (Lipinski definition) is 1. The van der Waals surface area contributed by atoms with Crippen molar-refractivity contribution in [3.05, 3.63) is 18.2 Å². The molecule has 10 heteroatoms. The number of amides is 2.